The number of nitrogens with zero attached hydrogens (tertiary/aromatic N) is 2. The van der Waals surface area contributed by atoms with Crippen LogP contribution in [0.15, 0.2) is 42.6 Å². The van der Waals surface area contributed by atoms with Gasteiger partial charge in [-0.25, -0.2) is 4.98 Å². The molecular weight excluding hydrogens is 375 g/mol. The standard InChI is InChI=1S/C19H16F3N3O3/c1-2-12-3-6-14(7-4-12)25-18(27)15(9-23)17(26)13-5-8-16(24-10-13)28-11-19(20,21)22/h3-8,10,15H,2,11H2,1H3,(H,25,27). The molecule has 2 rings (SSSR count). The number of carbonyl (C=O) groups excluding carboxylic acids is 2. The number of ketones is 1. The number of hydrogen-bond donors (Lipinski definition) is 1. The highest BCUT2D eigenvalue weighted by Crippen LogP contribution is 2.18. The summed E-state index contributed by atoms with van der Waals surface area (Å²) in [5, 5.41) is 11.7. The number of nitrogens with one attached hydrogen (secondary N) is 1. The number of carbonyl (C=O) groups is 2. The first-order valence-electron chi connectivity index (χ1n) is 8.22. The number of ether oxygens (including phenoxy) is 1. The van der Waals surface area contributed by atoms with Crippen LogP contribution in [0.4, 0.5) is 18.9 Å². The number of aromatic nitrogens is 1. The molecule has 146 valence electrons. The lowest BCUT2D eigenvalue weighted by molar-refractivity contribution is -0.154. The number of pyridine rings is 1. The molecule has 0 saturated heterocycles. The monoisotopic (exact) mass is 391 g/mol. The topological polar surface area (TPSA) is 92.1 Å². The molecule has 1 N–H and O–H groups in total. The van der Waals surface area contributed by atoms with Gasteiger partial charge in [0.05, 0.1) is 6.07 Å². The Morgan fingerprint density at radius 2 is 1.89 bits per heavy atom. The predicted octanol–water partition coefficient (Wildman–Crippen LogP) is 3.55. The zero-order valence-corrected chi connectivity index (χ0v) is 14.8. The smallest absolute Gasteiger partial charge is 0.422 e. The third-order valence-electron chi connectivity index (χ3n) is 3.69. The van der Waals surface area contributed by atoms with Gasteiger partial charge in [0.25, 0.3) is 0 Å². The zero-order chi connectivity index (χ0) is 20.7. The number of benzene rings is 1. The third kappa shape index (κ3) is 5.81. The van der Waals surface area contributed by atoms with E-state index in [2.05, 4.69) is 15.0 Å². The van der Waals surface area contributed by atoms with Crippen molar-refractivity contribution in [2.75, 3.05) is 11.9 Å². The molecule has 0 aliphatic carbocycles. The van der Waals surface area contributed by atoms with Crippen LogP contribution >= 0.6 is 0 Å². The molecule has 2 aromatic rings. The molecule has 0 aliphatic heterocycles. The van der Waals surface area contributed by atoms with Crippen molar-refractivity contribution in [3.63, 3.8) is 0 Å². The van der Waals surface area contributed by atoms with Gasteiger partial charge in [0.15, 0.2) is 18.3 Å². The van der Waals surface area contributed by atoms with E-state index < -0.39 is 30.4 Å². The lowest BCUT2D eigenvalue weighted by atomic mass is 9.99. The van der Waals surface area contributed by atoms with Gasteiger partial charge in [-0.2, -0.15) is 18.4 Å². The van der Waals surface area contributed by atoms with E-state index in [0.29, 0.717) is 5.69 Å². The van der Waals surface area contributed by atoms with Crippen molar-refractivity contribution in [1.29, 1.82) is 5.26 Å². The van der Waals surface area contributed by atoms with Crippen LogP contribution in [-0.4, -0.2) is 29.5 Å². The fraction of sp³-hybridized carbons (Fsp3) is 0.263. The van der Waals surface area contributed by atoms with Gasteiger partial charge in [0.1, 0.15) is 0 Å². The first kappa shape index (κ1) is 20.9. The highest BCUT2D eigenvalue weighted by Gasteiger charge is 2.30. The fourth-order valence-electron chi connectivity index (χ4n) is 2.21. The molecule has 1 heterocycles. The molecule has 28 heavy (non-hydrogen) atoms. The lowest BCUT2D eigenvalue weighted by Crippen LogP contribution is -2.28. The Balaban J connectivity index is 2.05. The SMILES string of the molecule is CCc1ccc(NC(=O)C(C#N)C(=O)c2ccc(OCC(F)(F)F)nc2)cc1. The number of aryl methyl sites for hydroxylation is 1. The van der Waals surface area contributed by atoms with Crippen molar-refractivity contribution in [3.8, 4) is 11.9 Å². The van der Waals surface area contributed by atoms with Gasteiger partial charge in [0, 0.05) is 23.5 Å². The quantitative estimate of drug-likeness (QED) is 0.576. The molecular formula is C19H16F3N3O3. The minimum absolute atomic E-state index is 0.0950. The van der Waals surface area contributed by atoms with Gasteiger partial charge < -0.3 is 10.1 Å². The molecule has 0 fully saturated rings. The van der Waals surface area contributed by atoms with E-state index in [9.17, 15) is 28.0 Å². The Bertz CT molecular complexity index is 873. The van der Waals surface area contributed by atoms with Crippen LogP contribution in [0.1, 0.15) is 22.8 Å². The molecule has 0 saturated carbocycles. The molecule has 1 unspecified atom stereocenters. The van der Waals surface area contributed by atoms with E-state index in [4.69, 9.17) is 0 Å². The largest absolute Gasteiger partial charge is 0.468 e. The lowest BCUT2D eigenvalue weighted by Gasteiger charge is -2.11. The van der Waals surface area contributed by atoms with E-state index in [-0.39, 0.29) is 11.4 Å². The van der Waals surface area contributed by atoms with E-state index in [1.54, 1.807) is 18.2 Å². The average molecular weight is 391 g/mol. The maximum absolute atomic E-state index is 12.4. The third-order valence-corrected chi connectivity index (χ3v) is 3.69. The summed E-state index contributed by atoms with van der Waals surface area (Å²) in [6.07, 6.45) is -2.74. The second-order valence-electron chi connectivity index (χ2n) is 5.76. The van der Waals surface area contributed by atoms with Crippen molar-refractivity contribution < 1.29 is 27.5 Å². The molecule has 0 radical (unpaired) electrons. The van der Waals surface area contributed by atoms with Crippen molar-refractivity contribution in [1.82, 2.24) is 4.98 Å². The van der Waals surface area contributed by atoms with Gasteiger partial charge in [0.2, 0.25) is 11.8 Å². The number of anilines is 1. The summed E-state index contributed by atoms with van der Waals surface area (Å²) in [5.74, 6) is -3.59. The molecule has 9 heteroatoms. The van der Waals surface area contributed by atoms with Crippen molar-refractivity contribution in [2.24, 2.45) is 5.92 Å². The Morgan fingerprint density at radius 3 is 2.39 bits per heavy atom. The number of Topliss-reactive ketones (excluding diaryl/α,β-unsaturated/α-hetero) is 1. The molecule has 1 aromatic heterocycles. The summed E-state index contributed by atoms with van der Waals surface area (Å²) in [6, 6.07) is 10.8. The number of halogens is 3. The Hall–Kier alpha value is -3.41. The summed E-state index contributed by atoms with van der Waals surface area (Å²) in [5.41, 5.74) is 1.40. The van der Waals surface area contributed by atoms with Gasteiger partial charge in [-0.05, 0) is 30.2 Å². The van der Waals surface area contributed by atoms with E-state index in [1.165, 1.54) is 0 Å². The molecule has 0 bridgehead atoms. The normalized spacial score (nSPS) is 12.0. The maximum Gasteiger partial charge on any atom is 0.422 e. The zero-order valence-electron chi connectivity index (χ0n) is 14.8. The summed E-state index contributed by atoms with van der Waals surface area (Å²) >= 11 is 0. The minimum atomic E-state index is -4.52. The average Bonchev–Trinajstić information content (AvgIpc) is 2.67. The molecule has 0 spiro atoms. The van der Waals surface area contributed by atoms with Crippen LogP contribution in [0.2, 0.25) is 0 Å². The van der Waals surface area contributed by atoms with E-state index in [0.717, 1.165) is 30.3 Å². The number of alkyl halides is 3. The molecule has 1 amide bonds. The van der Waals surface area contributed by atoms with Crippen molar-refractivity contribution in [2.45, 2.75) is 19.5 Å². The predicted molar refractivity (Wildman–Crippen MR) is 93.7 cm³/mol. The van der Waals surface area contributed by atoms with Crippen LogP contribution in [0.5, 0.6) is 5.88 Å². The van der Waals surface area contributed by atoms with E-state index in [1.807, 2.05) is 19.1 Å². The Morgan fingerprint density at radius 1 is 1.21 bits per heavy atom. The first-order chi connectivity index (χ1) is 13.2. The highest BCUT2D eigenvalue weighted by atomic mass is 19.4. The summed E-state index contributed by atoms with van der Waals surface area (Å²) in [7, 11) is 0. The second-order valence-corrected chi connectivity index (χ2v) is 5.76. The Kier molecular flexibility index (Phi) is 6.71. The number of nitriles is 1. The van der Waals surface area contributed by atoms with E-state index >= 15 is 0 Å². The minimum Gasteiger partial charge on any atom is -0.468 e. The second kappa shape index (κ2) is 8.99. The summed E-state index contributed by atoms with van der Waals surface area (Å²) in [4.78, 5) is 28.3. The molecule has 6 nitrogen and oxygen atoms in total. The van der Waals surface area contributed by atoms with Gasteiger partial charge in [-0.15, -0.1) is 0 Å². The highest BCUT2D eigenvalue weighted by molar-refractivity contribution is 6.15. The molecule has 1 atom stereocenters. The van der Waals surface area contributed by atoms with Gasteiger partial charge in [-0.1, -0.05) is 19.1 Å². The number of amides is 1. The summed E-state index contributed by atoms with van der Waals surface area (Å²) < 4.78 is 40.8. The van der Waals surface area contributed by atoms with Crippen LogP contribution in [0.3, 0.4) is 0 Å². The maximum atomic E-state index is 12.4. The fourth-order valence-corrected chi connectivity index (χ4v) is 2.21. The first-order valence-corrected chi connectivity index (χ1v) is 8.22. The number of hydrogen-bond acceptors (Lipinski definition) is 5. The van der Waals surface area contributed by atoms with Crippen LogP contribution in [0, 0.1) is 17.2 Å². The van der Waals surface area contributed by atoms with Crippen LogP contribution < -0.4 is 10.1 Å². The summed E-state index contributed by atoms with van der Waals surface area (Å²) in [6.45, 7) is 0.457. The van der Waals surface area contributed by atoms with Gasteiger partial charge in [-0.3, -0.25) is 9.59 Å². The molecule has 0 aliphatic rings. The van der Waals surface area contributed by atoms with Crippen LogP contribution in [0.25, 0.3) is 0 Å². The Labute approximate surface area is 159 Å². The number of rotatable bonds is 7. The van der Waals surface area contributed by atoms with Gasteiger partial charge >= 0.3 is 6.18 Å². The van der Waals surface area contributed by atoms with Crippen molar-refractivity contribution >= 4 is 17.4 Å². The molecule has 1 aromatic carbocycles. The van der Waals surface area contributed by atoms with Crippen LogP contribution in [-0.2, 0) is 11.2 Å². The van der Waals surface area contributed by atoms with Crippen molar-refractivity contribution in [3.05, 3.63) is 53.7 Å².